The number of aromatic nitrogens is 2. The summed E-state index contributed by atoms with van der Waals surface area (Å²) in [6, 6.07) is 8.30. The summed E-state index contributed by atoms with van der Waals surface area (Å²) in [5.74, 6) is 1.07. The van der Waals surface area contributed by atoms with Gasteiger partial charge in [-0.3, -0.25) is 4.68 Å². The third-order valence-corrected chi connectivity index (χ3v) is 3.45. The maximum absolute atomic E-state index is 5.96. The molecule has 4 heteroatoms. The van der Waals surface area contributed by atoms with Gasteiger partial charge in [-0.2, -0.15) is 5.10 Å². The van der Waals surface area contributed by atoms with Crippen molar-refractivity contribution in [2.24, 2.45) is 12.8 Å². The van der Waals surface area contributed by atoms with Gasteiger partial charge in [0.2, 0.25) is 0 Å². The third kappa shape index (κ3) is 2.63. The second-order valence-electron chi connectivity index (χ2n) is 4.85. The lowest BCUT2D eigenvalue weighted by Crippen LogP contribution is -2.17. The van der Waals surface area contributed by atoms with Crippen molar-refractivity contribution in [3.8, 4) is 5.75 Å². The molecule has 0 radical (unpaired) electrons. The van der Waals surface area contributed by atoms with E-state index in [0.29, 0.717) is 6.54 Å². The molecule has 4 nitrogen and oxygen atoms in total. The lowest BCUT2D eigenvalue weighted by Gasteiger charge is -2.17. The van der Waals surface area contributed by atoms with E-state index in [1.807, 2.05) is 31.6 Å². The van der Waals surface area contributed by atoms with E-state index in [1.54, 1.807) is 7.11 Å². The van der Waals surface area contributed by atoms with Crippen molar-refractivity contribution >= 4 is 0 Å². The fourth-order valence-electron chi connectivity index (χ4n) is 2.50. The summed E-state index contributed by atoms with van der Waals surface area (Å²) in [5.41, 5.74) is 10.4. The number of nitrogens with zero attached hydrogens (tertiary/aromatic N) is 2. The van der Waals surface area contributed by atoms with Gasteiger partial charge in [0.05, 0.1) is 12.8 Å². The van der Waals surface area contributed by atoms with Crippen LogP contribution >= 0.6 is 0 Å². The zero-order valence-electron chi connectivity index (χ0n) is 12.0. The summed E-state index contributed by atoms with van der Waals surface area (Å²) in [4.78, 5) is 0. The Balaban J connectivity index is 2.42. The van der Waals surface area contributed by atoms with Crippen LogP contribution in [0.25, 0.3) is 0 Å². The van der Waals surface area contributed by atoms with Gasteiger partial charge in [0.15, 0.2) is 0 Å². The van der Waals surface area contributed by atoms with Crippen molar-refractivity contribution in [1.82, 2.24) is 9.78 Å². The third-order valence-electron chi connectivity index (χ3n) is 3.45. The van der Waals surface area contributed by atoms with Crippen LogP contribution in [0.5, 0.6) is 5.75 Å². The summed E-state index contributed by atoms with van der Waals surface area (Å²) in [6.07, 6.45) is 0. The normalized spacial score (nSPS) is 12.5. The first-order valence-electron chi connectivity index (χ1n) is 6.42. The maximum Gasteiger partial charge on any atom is 0.121 e. The van der Waals surface area contributed by atoms with E-state index in [4.69, 9.17) is 10.5 Å². The highest BCUT2D eigenvalue weighted by Gasteiger charge is 2.17. The molecule has 0 amide bonds. The number of ether oxygens (including phenoxy) is 1. The van der Waals surface area contributed by atoms with Crippen LogP contribution in [0.2, 0.25) is 0 Å². The summed E-state index contributed by atoms with van der Waals surface area (Å²) in [6.45, 7) is 4.60. The van der Waals surface area contributed by atoms with Crippen LogP contribution in [0.3, 0.4) is 0 Å². The van der Waals surface area contributed by atoms with E-state index < -0.39 is 0 Å². The number of hydrogen-bond acceptors (Lipinski definition) is 3. The van der Waals surface area contributed by atoms with Crippen LogP contribution in [0, 0.1) is 13.8 Å². The van der Waals surface area contributed by atoms with Gasteiger partial charge in [-0.25, -0.2) is 0 Å². The molecule has 2 aromatic rings. The molecule has 0 aliphatic rings. The Morgan fingerprint density at radius 1 is 1.32 bits per heavy atom. The first-order chi connectivity index (χ1) is 9.06. The van der Waals surface area contributed by atoms with Gasteiger partial charge in [-0.15, -0.1) is 0 Å². The molecule has 1 atom stereocenters. The van der Waals surface area contributed by atoms with Crippen molar-refractivity contribution in [3.05, 3.63) is 46.8 Å². The molecule has 0 aliphatic heterocycles. The van der Waals surface area contributed by atoms with Gasteiger partial charge >= 0.3 is 0 Å². The van der Waals surface area contributed by atoms with Crippen LogP contribution in [0.1, 0.15) is 28.4 Å². The minimum Gasteiger partial charge on any atom is -0.496 e. The number of aryl methyl sites for hydroxylation is 3. The average Bonchev–Trinajstić information content (AvgIpc) is 2.70. The first kappa shape index (κ1) is 13.6. The van der Waals surface area contributed by atoms with Crippen molar-refractivity contribution in [2.45, 2.75) is 19.8 Å². The van der Waals surface area contributed by atoms with Crippen LogP contribution in [-0.4, -0.2) is 23.4 Å². The molecule has 102 valence electrons. The Morgan fingerprint density at radius 3 is 2.53 bits per heavy atom. The molecular formula is C15H21N3O. The highest BCUT2D eigenvalue weighted by Crippen LogP contribution is 2.28. The van der Waals surface area contributed by atoms with E-state index in [2.05, 4.69) is 23.3 Å². The maximum atomic E-state index is 5.96. The number of rotatable bonds is 4. The van der Waals surface area contributed by atoms with Gasteiger partial charge in [0.25, 0.3) is 0 Å². The fraction of sp³-hybridized carbons (Fsp3) is 0.400. The standard InChI is InChI=1S/C15H21N3O/c1-10-7-12(5-6-15(10)19-4)13(9-16)14-8-11(2)17-18(14)3/h5-8,13H,9,16H2,1-4H3. The number of benzene rings is 1. The molecule has 0 bridgehead atoms. The van der Waals surface area contributed by atoms with Crippen LogP contribution in [0.4, 0.5) is 0 Å². The molecule has 0 fully saturated rings. The molecular weight excluding hydrogens is 238 g/mol. The minimum atomic E-state index is 0.163. The molecule has 2 N–H and O–H groups in total. The Bertz CT molecular complexity index is 575. The smallest absolute Gasteiger partial charge is 0.121 e. The van der Waals surface area contributed by atoms with Crippen LogP contribution in [0.15, 0.2) is 24.3 Å². The predicted molar refractivity (Wildman–Crippen MR) is 76.6 cm³/mol. The lowest BCUT2D eigenvalue weighted by atomic mass is 9.94. The van der Waals surface area contributed by atoms with Crippen molar-refractivity contribution in [3.63, 3.8) is 0 Å². The second-order valence-corrected chi connectivity index (χ2v) is 4.85. The zero-order valence-corrected chi connectivity index (χ0v) is 12.0. The number of hydrogen-bond donors (Lipinski definition) is 1. The molecule has 0 saturated heterocycles. The molecule has 0 saturated carbocycles. The van der Waals surface area contributed by atoms with Crippen LogP contribution < -0.4 is 10.5 Å². The second kappa shape index (κ2) is 5.45. The highest BCUT2D eigenvalue weighted by molar-refractivity contribution is 5.40. The van der Waals surface area contributed by atoms with E-state index in [-0.39, 0.29) is 5.92 Å². The van der Waals surface area contributed by atoms with E-state index >= 15 is 0 Å². The van der Waals surface area contributed by atoms with E-state index in [0.717, 1.165) is 22.7 Å². The monoisotopic (exact) mass is 259 g/mol. The Hall–Kier alpha value is -1.81. The summed E-state index contributed by atoms with van der Waals surface area (Å²) >= 11 is 0. The topological polar surface area (TPSA) is 53.1 Å². The highest BCUT2D eigenvalue weighted by atomic mass is 16.5. The number of methoxy groups -OCH3 is 1. The molecule has 2 rings (SSSR count). The summed E-state index contributed by atoms with van der Waals surface area (Å²) < 4.78 is 7.21. The van der Waals surface area contributed by atoms with Gasteiger partial charge in [-0.1, -0.05) is 12.1 Å². The number of nitrogens with two attached hydrogens (primary N) is 1. The average molecular weight is 259 g/mol. The first-order valence-corrected chi connectivity index (χ1v) is 6.42. The quantitative estimate of drug-likeness (QED) is 0.915. The van der Waals surface area contributed by atoms with Gasteiger partial charge in [0, 0.05) is 25.2 Å². The van der Waals surface area contributed by atoms with Crippen molar-refractivity contribution < 1.29 is 4.74 Å². The van der Waals surface area contributed by atoms with Crippen molar-refractivity contribution in [2.75, 3.05) is 13.7 Å². The largest absolute Gasteiger partial charge is 0.496 e. The lowest BCUT2D eigenvalue weighted by molar-refractivity contribution is 0.411. The molecule has 0 aliphatic carbocycles. The molecule has 1 heterocycles. The minimum absolute atomic E-state index is 0.163. The molecule has 1 aromatic carbocycles. The fourth-order valence-corrected chi connectivity index (χ4v) is 2.50. The Morgan fingerprint density at radius 2 is 2.05 bits per heavy atom. The molecule has 1 aromatic heterocycles. The predicted octanol–water partition coefficient (Wildman–Crippen LogP) is 2.14. The summed E-state index contributed by atoms with van der Waals surface area (Å²) in [7, 11) is 3.65. The van der Waals surface area contributed by atoms with Crippen LogP contribution in [-0.2, 0) is 7.05 Å². The van der Waals surface area contributed by atoms with Crippen molar-refractivity contribution in [1.29, 1.82) is 0 Å². The molecule has 0 spiro atoms. The SMILES string of the molecule is COc1ccc(C(CN)c2cc(C)nn2C)cc1C. The molecule has 19 heavy (non-hydrogen) atoms. The zero-order chi connectivity index (χ0) is 14.0. The van der Waals surface area contributed by atoms with Gasteiger partial charge < -0.3 is 10.5 Å². The van der Waals surface area contributed by atoms with Gasteiger partial charge in [0.1, 0.15) is 5.75 Å². The Labute approximate surface area is 114 Å². The van der Waals surface area contributed by atoms with E-state index in [9.17, 15) is 0 Å². The van der Waals surface area contributed by atoms with E-state index in [1.165, 1.54) is 5.56 Å². The van der Waals surface area contributed by atoms with Gasteiger partial charge in [-0.05, 0) is 37.1 Å². The molecule has 1 unspecified atom stereocenters. The summed E-state index contributed by atoms with van der Waals surface area (Å²) in [5, 5.41) is 4.40. The Kier molecular flexibility index (Phi) is 3.90.